The Hall–Kier alpha value is -5.73. The van der Waals surface area contributed by atoms with E-state index in [0.717, 1.165) is 10.7 Å². The molecule has 5 N–H and O–H groups in total. The van der Waals surface area contributed by atoms with Gasteiger partial charge in [0.25, 0.3) is 12.3 Å². The predicted octanol–water partition coefficient (Wildman–Crippen LogP) is 6.37. The molecule has 288 valence electrons. The molecule has 55 heavy (non-hydrogen) atoms. The SMILES string of the molecule is CN=C(N)c1c(Cl)ccc(-c2ccc(C#N)cc2N=C(NC=O)C(Cc2cc(F)cc(F)c2)NC)c1NC.O=CCn1nc(C(F)F)c2c1C(F)(F)[C@@H]1CC21. The van der Waals surface area contributed by atoms with Gasteiger partial charge in [0.1, 0.15) is 41.0 Å². The Bertz CT molecular complexity index is 2200. The van der Waals surface area contributed by atoms with Gasteiger partial charge in [-0.25, -0.2) is 22.6 Å². The molecular formula is C37H34ClF6N9O2. The normalized spacial score (nSPS) is 17.3. The first-order valence-electron chi connectivity index (χ1n) is 16.6. The monoisotopic (exact) mass is 785 g/mol. The van der Waals surface area contributed by atoms with Crippen LogP contribution in [0.15, 0.2) is 58.5 Å². The minimum absolute atomic E-state index is 0.0307. The second kappa shape index (κ2) is 16.7. The molecule has 1 saturated carbocycles. The van der Waals surface area contributed by atoms with E-state index in [2.05, 4.69) is 37.1 Å². The second-order valence-electron chi connectivity index (χ2n) is 12.5. The number of alkyl halides is 4. The quantitative estimate of drug-likeness (QED) is 0.0562. The zero-order valence-electron chi connectivity index (χ0n) is 29.5. The third-order valence-corrected chi connectivity index (χ3v) is 9.54. The van der Waals surface area contributed by atoms with E-state index in [4.69, 9.17) is 17.3 Å². The first-order chi connectivity index (χ1) is 26.2. The minimum Gasteiger partial charge on any atom is -0.387 e. The maximum atomic E-state index is 13.8. The first kappa shape index (κ1) is 40.5. The molecule has 1 amide bonds. The number of hydrogen-bond donors (Lipinski definition) is 4. The number of amidine groups is 2. The number of nitrogens with one attached hydrogen (secondary N) is 3. The van der Waals surface area contributed by atoms with Crippen LogP contribution in [0.2, 0.25) is 5.02 Å². The highest BCUT2D eigenvalue weighted by molar-refractivity contribution is 6.35. The van der Waals surface area contributed by atoms with E-state index in [1.54, 1.807) is 51.5 Å². The zero-order valence-corrected chi connectivity index (χ0v) is 30.2. The fourth-order valence-corrected chi connectivity index (χ4v) is 6.97. The summed E-state index contributed by atoms with van der Waals surface area (Å²) in [4.78, 5) is 30.6. The lowest BCUT2D eigenvalue weighted by Crippen LogP contribution is -2.43. The Labute approximate surface area is 316 Å². The van der Waals surface area contributed by atoms with Crippen molar-refractivity contribution in [1.82, 2.24) is 20.4 Å². The molecule has 0 radical (unpaired) electrons. The molecule has 1 aromatic heterocycles. The molecule has 4 aromatic rings. The molecule has 11 nitrogen and oxygen atoms in total. The van der Waals surface area contributed by atoms with Gasteiger partial charge in [0, 0.05) is 42.8 Å². The van der Waals surface area contributed by atoms with Crippen LogP contribution in [-0.4, -0.2) is 61.3 Å². The summed E-state index contributed by atoms with van der Waals surface area (Å²) in [6, 6.07) is 13.0. The molecule has 3 atom stereocenters. The van der Waals surface area contributed by atoms with Gasteiger partial charge in [0.15, 0.2) is 0 Å². The number of nitrogens with zero attached hydrogens (tertiary/aromatic N) is 5. The average Bonchev–Trinajstić information content (AvgIpc) is 3.81. The molecule has 1 heterocycles. The van der Waals surface area contributed by atoms with E-state index in [9.17, 15) is 41.2 Å². The number of nitrogens with two attached hydrogens (primary N) is 1. The van der Waals surface area contributed by atoms with Crippen LogP contribution in [0.5, 0.6) is 0 Å². The highest BCUT2D eigenvalue weighted by Crippen LogP contribution is 2.68. The molecule has 2 aliphatic carbocycles. The van der Waals surface area contributed by atoms with Crippen molar-refractivity contribution in [2.24, 2.45) is 21.6 Å². The van der Waals surface area contributed by atoms with Crippen molar-refractivity contribution < 1.29 is 35.9 Å². The Balaban J connectivity index is 0.000000281. The van der Waals surface area contributed by atoms with Crippen LogP contribution >= 0.6 is 11.6 Å². The van der Waals surface area contributed by atoms with Crippen LogP contribution in [0.4, 0.5) is 37.7 Å². The molecular weight excluding hydrogens is 752 g/mol. The van der Waals surface area contributed by atoms with Gasteiger partial charge in [-0.1, -0.05) is 23.7 Å². The van der Waals surface area contributed by atoms with Crippen LogP contribution < -0.4 is 21.7 Å². The second-order valence-corrected chi connectivity index (χ2v) is 12.9. The number of fused-ring (bicyclic) bond motifs is 3. The largest absolute Gasteiger partial charge is 0.387 e. The Morgan fingerprint density at radius 2 is 1.82 bits per heavy atom. The summed E-state index contributed by atoms with van der Waals surface area (Å²) < 4.78 is 81.3. The lowest BCUT2D eigenvalue weighted by molar-refractivity contribution is -0.109. The van der Waals surface area contributed by atoms with Gasteiger partial charge in [0.2, 0.25) is 6.41 Å². The van der Waals surface area contributed by atoms with Gasteiger partial charge in [-0.2, -0.15) is 19.1 Å². The number of rotatable bonds is 12. The number of aromatic nitrogens is 2. The van der Waals surface area contributed by atoms with Crippen molar-refractivity contribution >= 4 is 47.3 Å². The molecule has 3 aromatic carbocycles. The van der Waals surface area contributed by atoms with Crippen molar-refractivity contribution in [2.45, 2.75) is 43.7 Å². The van der Waals surface area contributed by atoms with E-state index < -0.39 is 59.8 Å². The molecule has 0 bridgehead atoms. The maximum absolute atomic E-state index is 13.8. The lowest BCUT2D eigenvalue weighted by atomic mass is 9.96. The molecule has 2 unspecified atom stereocenters. The highest BCUT2D eigenvalue weighted by Gasteiger charge is 2.67. The molecule has 6 rings (SSSR count). The molecule has 18 heteroatoms. The number of carbonyl (C=O) groups is 2. The summed E-state index contributed by atoms with van der Waals surface area (Å²) >= 11 is 6.43. The number of aldehydes is 1. The number of nitriles is 1. The van der Waals surface area contributed by atoms with E-state index in [-0.39, 0.29) is 30.1 Å². The zero-order chi connectivity index (χ0) is 40.2. The third kappa shape index (κ3) is 8.20. The van der Waals surface area contributed by atoms with Crippen LogP contribution in [0.3, 0.4) is 0 Å². The summed E-state index contributed by atoms with van der Waals surface area (Å²) in [5, 5.41) is 22.1. The van der Waals surface area contributed by atoms with Gasteiger partial charge in [-0.05, 0) is 61.7 Å². The smallest absolute Gasteiger partial charge is 0.293 e. The van der Waals surface area contributed by atoms with Crippen LogP contribution in [0.1, 0.15) is 52.4 Å². The summed E-state index contributed by atoms with van der Waals surface area (Å²) in [6.07, 6.45) is -1.70. The Morgan fingerprint density at radius 1 is 1.13 bits per heavy atom. The lowest BCUT2D eigenvalue weighted by Gasteiger charge is -2.20. The number of hydrogen-bond acceptors (Lipinski definition) is 8. The molecule has 1 fully saturated rings. The van der Waals surface area contributed by atoms with Crippen molar-refractivity contribution in [3.05, 3.63) is 98.8 Å². The predicted molar refractivity (Wildman–Crippen MR) is 195 cm³/mol. The first-order valence-corrected chi connectivity index (χ1v) is 17.0. The standard InChI is InChI=1S/C27H26ClF2N7O.C10H8F4N2O/c1-33-23(11-16-8-17(29)12-18(30)9-16)27(36-14-38)37-22-10-15(13-31)4-5-19(22)20-6-7-21(28)24(25(20)34-2)26(32)35-3;11-9(12)7-6-4-3-5(4)10(13,14)8(6)16(15-7)1-2-17/h4-10,12,14,23,33-34H,11H2,1-3H3,(H2,32,35)(H,36,37,38);2,4-5,9H,1,3H2/t;4?,5-/m.1/s1. The van der Waals surface area contributed by atoms with Gasteiger partial charge in [-0.15, -0.1) is 0 Å². The van der Waals surface area contributed by atoms with Crippen molar-refractivity contribution in [2.75, 3.05) is 26.5 Å². The maximum Gasteiger partial charge on any atom is 0.293 e. The van der Waals surface area contributed by atoms with E-state index >= 15 is 0 Å². The van der Waals surface area contributed by atoms with E-state index in [0.29, 0.717) is 56.9 Å². The van der Waals surface area contributed by atoms with Crippen molar-refractivity contribution in [1.29, 1.82) is 5.26 Å². The fraction of sp³-hybridized carbons (Fsp3) is 0.297. The number of halogens is 7. The number of carbonyl (C=O) groups excluding carboxylic acids is 2. The number of aliphatic imine (C=N–C) groups is 2. The van der Waals surface area contributed by atoms with E-state index in [1.807, 2.05) is 0 Å². The summed E-state index contributed by atoms with van der Waals surface area (Å²) in [5.41, 5.74) is 8.43. The molecule has 0 saturated heterocycles. The van der Waals surface area contributed by atoms with Gasteiger partial charge in [-0.3, -0.25) is 14.5 Å². The van der Waals surface area contributed by atoms with Crippen molar-refractivity contribution in [3.8, 4) is 17.2 Å². The number of likely N-dealkylation sites (N-methyl/N-ethyl adjacent to an activating group) is 1. The minimum atomic E-state index is -3.14. The van der Waals surface area contributed by atoms with Gasteiger partial charge < -0.3 is 26.5 Å². The van der Waals surface area contributed by atoms with Crippen LogP contribution in [0.25, 0.3) is 11.1 Å². The van der Waals surface area contributed by atoms with Gasteiger partial charge in [0.05, 0.1) is 46.2 Å². The van der Waals surface area contributed by atoms with Crippen LogP contribution in [-0.2, 0) is 28.5 Å². The molecule has 0 spiro atoms. The highest BCUT2D eigenvalue weighted by atomic mass is 35.5. The van der Waals surface area contributed by atoms with Crippen LogP contribution in [0, 0.1) is 28.9 Å². The average molecular weight is 786 g/mol. The van der Waals surface area contributed by atoms with Crippen molar-refractivity contribution in [3.63, 3.8) is 0 Å². The fourth-order valence-electron chi connectivity index (χ4n) is 6.71. The number of benzene rings is 3. The third-order valence-electron chi connectivity index (χ3n) is 9.22. The molecule has 2 aliphatic rings. The number of amides is 1. The summed E-state index contributed by atoms with van der Waals surface area (Å²) in [7, 11) is 4.89. The van der Waals surface area contributed by atoms with E-state index in [1.165, 1.54) is 12.1 Å². The molecule has 0 aliphatic heterocycles. The Morgan fingerprint density at radius 3 is 2.40 bits per heavy atom. The topological polar surface area (TPSA) is 163 Å². The Kier molecular flexibility index (Phi) is 12.3. The summed E-state index contributed by atoms with van der Waals surface area (Å²) in [5.74, 6) is -5.56. The number of anilines is 1. The summed E-state index contributed by atoms with van der Waals surface area (Å²) in [6.45, 7) is -0.413. The van der Waals surface area contributed by atoms with Gasteiger partial charge >= 0.3 is 0 Å².